The van der Waals surface area contributed by atoms with Crippen molar-refractivity contribution < 1.29 is 22.7 Å². The van der Waals surface area contributed by atoms with Crippen LogP contribution in [0.1, 0.15) is 25.0 Å². The Morgan fingerprint density at radius 3 is 2.37 bits per heavy atom. The number of primary amides is 1. The van der Waals surface area contributed by atoms with Gasteiger partial charge in [-0.1, -0.05) is 59.2 Å². The van der Waals surface area contributed by atoms with Crippen LogP contribution in [0.5, 0.6) is 5.75 Å². The molecule has 0 radical (unpaired) electrons. The quantitative estimate of drug-likeness (QED) is 0.444. The first-order valence-corrected chi connectivity index (χ1v) is 8.41. The molecule has 146 valence electrons. The minimum atomic E-state index is -4.83. The number of hydrogen-bond acceptors (Lipinski definition) is 2. The fraction of sp³-hybridized carbons (Fsp3) is 0.211. The van der Waals surface area contributed by atoms with Crippen LogP contribution in [0.25, 0.3) is 6.08 Å². The van der Waals surface area contributed by atoms with E-state index in [0.717, 1.165) is 11.6 Å². The van der Waals surface area contributed by atoms with Gasteiger partial charge >= 0.3 is 6.36 Å². The lowest BCUT2D eigenvalue weighted by Crippen LogP contribution is -2.18. The lowest BCUT2D eigenvalue weighted by molar-refractivity contribution is -0.274. The van der Waals surface area contributed by atoms with Crippen molar-refractivity contribution in [1.29, 1.82) is 0 Å². The van der Waals surface area contributed by atoms with Crippen molar-refractivity contribution in [2.24, 2.45) is 5.73 Å². The van der Waals surface area contributed by atoms with Crippen LogP contribution in [-0.4, -0.2) is 12.3 Å². The third-order valence-electron chi connectivity index (χ3n) is 3.28. The maximum Gasteiger partial charge on any atom is 0.573 e. The monoisotopic (exact) mass is 419 g/mol. The average molecular weight is 420 g/mol. The maximum absolute atomic E-state index is 12.4. The smallest absolute Gasteiger partial charge is 0.405 e. The summed E-state index contributed by atoms with van der Waals surface area (Å²) in [4.78, 5) is 10.7. The van der Waals surface area contributed by atoms with Crippen molar-refractivity contribution in [3.8, 4) is 5.75 Å². The summed E-state index contributed by atoms with van der Waals surface area (Å²) in [6.07, 6.45) is 4.96. The SMILES string of the molecule is CC(C=Cc1c(Cl)cc(OC(F)(F)F)c(C)c1Cl)=CC=CC(C)=CC(N)=O. The summed E-state index contributed by atoms with van der Waals surface area (Å²) < 4.78 is 41.2. The summed E-state index contributed by atoms with van der Waals surface area (Å²) in [5.41, 5.74) is 7.07. The van der Waals surface area contributed by atoms with Crippen LogP contribution in [-0.2, 0) is 4.79 Å². The largest absolute Gasteiger partial charge is 0.573 e. The number of allylic oxidation sites excluding steroid dienone is 6. The number of rotatable bonds is 6. The van der Waals surface area contributed by atoms with Gasteiger partial charge in [0, 0.05) is 23.3 Å². The molecule has 8 heteroatoms. The second-order valence-corrected chi connectivity index (χ2v) is 6.44. The molecular weight excluding hydrogens is 402 g/mol. The summed E-state index contributed by atoms with van der Waals surface area (Å²) >= 11 is 12.2. The second-order valence-electron chi connectivity index (χ2n) is 5.65. The molecule has 2 N–H and O–H groups in total. The van der Waals surface area contributed by atoms with Gasteiger partial charge in [0.2, 0.25) is 5.91 Å². The molecule has 3 nitrogen and oxygen atoms in total. The van der Waals surface area contributed by atoms with E-state index in [1.165, 1.54) is 13.0 Å². The van der Waals surface area contributed by atoms with Crippen molar-refractivity contribution in [1.82, 2.24) is 0 Å². The van der Waals surface area contributed by atoms with Gasteiger partial charge in [0.1, 0.15) is 5.75 Å². The molecule has 0 heterocycles. The van der Waals surface area contributed by atoms with Gasteiger partial charge < -0.3 is 10.5 Å². The zero-order chi connectivity index (χ0) is 20.8. The fourth-order valence-electron chi connectivity index (χ4n) is 1.99. The Hall–Kier alpha value is -2.18. The maximum atomic E-state index is 12.4. The Morgan fingerprint density at radius 1 is 1.19 bits per heavy atom. The molecular formula is C19H18Cl2F3NO2. The van der Waals surface area contributed by atoms with Gasteiger partial charge in [0.05, 0.1) is 10.0 Å². The predicted octanol–water partition coefficient (Wildman–Crippen LogP) is 6.15. The summed E-state index contributed by atoms with van der Waals surface area (Å²) in [6, 6.07) is 1.08. The highest BCUT2D eigenvalue weighted by atomic mass is 35.5. The molecule has 0 fully saturated rings. The lowest BCUT2D eigenvalue weighted by Gasteiger charge is -2.14. The fourth-order valence-corrected chi connectivity index (χ4v) is 2.56. The van der Waals surface area contributed by atoms with Crippen LogP contribution in [0.4, 0.5) is 13.2 Å². The van der Waals surface area contributed by atoms with E-state index in [0.29, 0.717) is 11.1 Å². The van der Waals surface area contributed by atoms with Gasteiger partial charge in [-0.3, -0.25) is 4.79 Å². The highest BCUT2D eigenvalue weighted by Gasteiger charge is 2.32. The number of alkyl halides is 3. The van der Waals surface area contributed by atoms with Gasteiger partial charge in [-0.25, -0.2) is 0 Å². The molecule has 0 aliphatic carbocycles. The molecule has 0 saturated heterocycles. The average Bonchev–Trinajstić information content (AvgIpc) is 2.50. The number of amides is 1. The Bertz CT molecular complexity index is 838. The standard InChI is InChI=1S/C19H18Cl2F3NO2/c1-11(5-4-6-12(2)9-17(25)26)7-8-14-15(20)10-16(13(3)18(14)21)27-19(22,23)24/h4-10H,1-3H3,(H2,25,26). The zero-order valence-electron chi connectivity index (χ0n) is 14.8. The third kappa shape index (κ3) is 7.93. The van der Waals surface area contributed by atoms with Crippen molar-refractivity contribution in [2.45, 2.75) is 27.1 Å². The summed E-state index contributed by atoms with van der Waals surface area (Å²) in [6.45, 7) is 4.95. The van der Waals surface area contributed by atoms with E-state index >= 15 is 0 Å². The predicted molar refractivity (Wildman–Crippen MR) is 103 cm³/mol. The van der Waals surface area contributed by atoms with E-state index in [4.69, 9.17) is 28.9 Å². The van der Waals surface area contributed by atoms with Crippen molar-refractivity contribution in [3.05, 3.63) is 68.8 Å². The number of carbonyl (C=O) groups excluding carboxylic acids is 1. The first-order chi connectivity index (χ1) is 12.4. The molecule has 1 amide bonds. The molecule has 0 spiro atoms. The van der Waals surface area contributed by atoms with E-state index in [9.17, 15) is 18.0 Å². The van der Waals surface area contributed by atoms with Crippen LogP contribution in [0, 0.1) is 6.92 Å². The number of carbonyl (C=O) groups is 1. The normalized spacial score (nSPS) is 13.6. The van der Waals surface area contributed by atoms with E-state index in [2.05, 4.69) is 4.74 Å². The molecule has 0 bridgehead atoms. The van der Waals surface area contributed by atoms with E-state index in [1.807, 2.05) is 6.92 Å². The molecule has 0 saturated carbocycles. The Labute approximate surface area is 165 Å². The van der Waals surface area contributed by atoms with Crippen molar-refractivity contribution >= 4 is 35.2 Å². The molecule has 1 rings (SSSR count). The number of hydrogen-bond donors (Lipinski definition) is 1. The molecule has 1 aromatic carbocycles. The van der Waals surface area contributed by atoms with Crippen LogP contribution in [0.2, 0.25) is 10.0 Å². The van der Waals surface area contributed by atoms with Crippen LogP contribution in [0.15, 0.2) is 47.6 Å². The highest BCUT2D eigenvalue weighted by molar-refractivity contribution is 6.38. The third-order valence-corrected chi connectivity index (χ3v) is 4.08. The van der Waals surface area contributed by atoms with Gasteiger partial charge in [-0.2, -0.15) is 0 Å². The highest BCUT2D eigenvalue weighted by Crippen LogP contribution is 2.38. The first kappa shape index (κ1) is 22.9. The van der Waals surface area contributed by atoms with E-state index in [-0.39, 0.29) is 15.6 Å². The molecule has 0 aliphatic rings. The van der Waals surface area contributed by atoms with Crippen LogP contribution in [0.3, 0.4) is 0 Å². The van der Waals surface area contributed by atoms with Crippen molar-refractivity contribution in [3.63, 3.8) is 0 Å². The number of ether oxygens (including phenoxy) is 1. The Kier molecular flexibility index (Phi) is 8.19. The molecule has 0 aromatic heterocycles. The van der Waals surface area contributed by atoms with Gasteiger partial charge in [0.25, 0.3) is 0 Å². The minimum absolute atomic E-state index is 0.0321. The van der Waals surface area contributed by atoms with Crippen LogP contribution < -0.4 is 10.5 Å². The second kappa shape index (κ2) is 9.67. The number of halogens is 5. The number of benzene rings is 1. The zero-order valence-corrected chi connectivity index (χ0v) is 16.3. The molecule has 27 heavy (non-hydrogen) atoms. The van der Waals surface area contributed by atoms with E-state index < -0.39 is 18.0 Å². The summed E-state index contributed by atoms with van der Waals surface area (Å²) in [7, 11) is 0. The molecule has 0 unspecified atom stereocenters. The summed E-state index contributed by atoms with van der Waals surface area (Å²) in [5, 5.41) is 0.103. The summed E-state index contributed by atoms with van der Waals surface area (Å²) in [5.74, 6) is -0.975. The molecule has 0 aliphatic heterocycles. The molecule has 1 aromatic rings. The topological polar surface area (TPSA) is 52.3 Å². The van der Waals surface area contributed by atoms with Crippen molar-refractivity contribution in [2.75, 3.05) is 0 Å². The van der Waals surface area contributed by atoms with Gasteiger partial charge in [-0.05, 0) is 26.3 Å². The van der Waals surface area contributed by atoms with Gasteiger partial charge in [0.15, 0.2) is 0 Å². The first-order valence-electron chi connectivity index (χ1n) is 7.66. The Morgan fingerprint density at radius 2 is 1.81 bits per heavy atom. The lowest BCUT2D eigenvalue weighted by atomic mass is 10.1. The minimum Gasteiger partial charge on any atom is -0.405 e. The molecule has 0 atom stereocenters. The van der Waals surface area contributed by atoms with E-state index in [1.54, 1.807) is 37.3 Å². The van der Waals surface area contributed by atoms with Gasteiger partial charge in [-0.15, -0.1) is 13.2 Å². The number of nitrogens with two attached hydrogens (primary N) is 1. The van der Waals surface area contributed by atoms with Crippen LogP contribution >= 0.6 is 23.2 Å². The Balaban J connectivity index is 3.04.